The van der Waals surface area contributed by atoms with Crippen LogP contribution in [0.2, 0.25) is 0 Å². The molecule has 0 heterocycles. The van der Waals surface area contributed by atoms with Crippen molar-refractivity contribution in [3.8, 4) is 0 Å². The van der Waals surface area contributed by atoms with Gasteiger partial charge in [-0.15, -0.1) is 0 Å². The highest BCUT2D eigenvalue weighted by Gasteiger charge is 2.24. The van der Waals surface area contributed by atoms with E-state index in [1.165, 1.54) is 0 Å². The SMILES string of the molecule is CCOP(=O)(Cc1cc(F)cc(F)c1)OCC. The van der Waals surface area contributed by atoms with Crippen molar-refractivity contribution >= 4 is 7.60 Å². The van der Waals surface area contributed by atoms with Crippen LogP contribution < -0.4 is 0 Å². The van der Waals surface area contributed by atoms with Crippen LogP contribution in [-0.4, -0.2) is 13.2 Å². The molecule has 0 atom stereocenters. The van der Waals surface area contributed by atoms with Crippen LogP contribution >= 0.6 is 7.60 Å². The maximum Gasteiger partial charge on any atom is 0.335 e. The quantitative estimate of drug-likeness (QED) is 0.734. The average molecular weight is 264 g/mol. The van der Waals surface area contributed by atoms with E-state index in [1.807, 2.05) is 0 Å². The van der Waals surface area contributed by atoms with E-state index in [0.29, 0.717) is 0 Å². The van der Waals surface area contributed by atoms with E-state index in [0.717, 1.165) is 18.2 Å². The average Bonchev–Trinajstić information content (AvgIpc) is 2.15. The first-order chi connectivity index (χ1) is 7.99. The van der Waals surface area contributed by atoms with Gasteiger partial charge in [0.15, 0.2) is 0 Å². The molecule has 1 aromatic rings. The molecule has 0 saturated heterocycles. The Morgan fingerprint density at radius 1 is 1.06 bits per heavy atom. The normalized spacial score (nSPS) is 11.8. The third-order valence-corrected chi connectivity index (χ3v) is 4.01. The molecule has 1 aromatic carbocycles. The molecule has 0 unspecified atom stereocenters. The van der Waals surface area contributed by atoms with E-state index in [9.17, 15) is 13.3 Å². The Hall–Kier alpha value is -0.770. The van der Waals surface area contributed by atoms with Gasteiger partial charge in [0.05, 0.1) is 19.4 Å². The molecule has 0 bridgehead atoms. The first-order valence-corrected chi connectivity index (χ1v) is 7.05. The molecule has 0 aliphatic carbocycles. The van der Waals surface area contributed by atoms with Crippen molar-refractivity contribution in [2.24, 2.45) is 0 Å². The fraction of sp³-hybridized carbons (Fsp3) is 0.455. The predicted octanol–water partition coefficient (Wildman–Crippen LogP) is 3.73. The van der Waals surface area contributed by atoms with Crippen molar-refractivity contribution in [2.45, 2.75) is 20.0 Å². The minimum atomic E-state index is -3.31. The zero-order chi connectivity index (χ0) is 12.9. The Morgan fingerprint density at radius 2 is 1.53 bits per heavy atom. The van der Waals surface area contributed by atoms with Gasteiger partial charge in [0, 0.05) is 6.07 Å². The molecular formula is C11H15F2O3P. The smallest absolute Gasteiger partial charge is 0.309 e. The van der Waals surface area contributed by atoms with Gasteiger partial charge in [-0.25, -0.2) is 8.78 Å². The minimum Gasteiger partial charge on any atom is -0.309 e. The molecule has 0 aromatic heterocycles. The number of rotatable bonds is 6. The summed E-state index contributed by atoms with van der Waals surface area (Å²) in [4.78, 5) is 0. The molecule has 96 valence electrons. The molecule has 0 aliphatic rings. The third-order valence-electron chi connectivity index (χ3n) is 1.95. The van der Waals surface area contributed by atoms with Crippen molar-refractivity contribution in [1.82, 2.24) is 0 Å². The molecule has 1 rings (SSSR count). The van der Waals surface area contributed by atoms with Gasteiger partial charge >= 0.3 is 7.60 Å². The standard InChI is InChI=1S/C11H15F2O3P/c1-3-15-17(14,16-4-2)8-9-5-10(12)7-11(13)6-9/h5-7H,3-4,8H2,1-2H3. The Balaban J connectivity index is 2.89. The lowest BCUT2D eigenvalue weighted by atomic mass is 10.2. The monoisotopic (exact) mass is 264 g/mol. The highest BCUT2D eigenvalue weighted by atomic mass is 31.2. The zero-order valence-electron chi connectivity index (χ0n) is 9.78. The van der Waals surface area contributed by atoms with Crippen molar-refractivity contribution in [3.63, 3.8) is 0 Å². The summed E-state index contributed by atoms with van der Waals surface area (Å²) in [6.07, 6.45) is -0.136. The van der Waals surface area contributed by atoms with E-state index >= 15 is 0 Å². The molecule has 0 spiro atoms. The van der Waals surface area contributed by atoms with Gasteiger partial charge in [0.25, 0.3) is 0 Å². The Bertz CT molecular complexity index is 393. The number of hydrogen-bond donors (Lipinski definition) is 0. The van der Waals surface area contributed by atoms with Crippen molar-refractivity contribution in [1.29, 1.82) is 0 Å². The largest absolute Gasteiger partial charge is 0.335 e. The van der Waals surface area contributed by atoms with Crippen LogP contribution in [0.25, 0.3) is 0 Å². The first kappa shape index (κ1) is 14.3. The molecule has 6 heteroatoms. The van der Waals surface area contributed by atoms with Gasteiger partial charge in [0.2, 0.25) is 0 Å². The Labute approximate surface area is 99.3 Å². The number of hydrogen-bond acceptors (Lipinski definition) is 3. The van der Waals surface area contributed by atoms with Gasteiger partial charge < -0.3 is 9.05 Å². The van der Waals surface area contributed by atoms with Gasteiger partial charge in [0.1, 0.15) is 11.6 Å². The number of benzene rings is 1. The highest BCUT2D eigenvalue weighted by Crippen LogP contribution is 2.51. The van der Waals surface area contributed by atoms with E-state index in [1.54, 1.807) is 13.8 Å². The maximum absolute atomic E-state index is 13.0. The van der Waals surface area contributed by atoms with Crippen LogP contribution in [0.4, 0.5) is 8.78 Å². The van der Waals surface area contributed by atoms with Crippen LogP contribution in [0.1, 0.15) is 19.4 Å². The van der Waals surface area contributed by atoms with Gasteiger partial charge in [-0.05, 0) is 31.5 Å². The predicted molar refractivity (Wildman–Crippen MR) is 60.9 cm³/mol. The summed E-state index contributed by atoms with van der Waals surface area (Å²) in [6.45, 7) is 3.79. The van der Waals surface area contributed by atoms with E-state index in [2.05, 4.69) is 0 Å². The molecule has 0 saturated carbocycles. The van der Waals surface area contributed by atoms with Crippen LogP contribution in [-0.2, 0) is 19.8 Å². The first-order valence-electron chi connectivity index (χ1n) is 5.32. The zero-order valence-corrected chi connectivity index (χ0v) is 10.7. The highest BCUT2D eigenvalue weighted by molar-refractivity contribution is 7.53. The molecule has 17 heavy (non-hydrogen) atoms. The summed E-state index contributed by atoms with van der Waals surface area (Å²) in [6, 6.07) is 3.00. The molecular weight excluding hydrogens is 249 g/mol. The number of halogens is 2. The van der Waals surface area contributed by atoms with Gasteiger partial charge in [-0.1, -0.05) is 0 Å². The molecule has 0 radical (unpaired) electrons. The molecule has 3 nitrogen and oxygen atoms in total. The summed E-state index contributed by atoms with van der Waals surface area (Å²) in [5, 5.41) is 0. The lowest BCUT2D eigenvalue weighted by Crippen LogP contribution is -2.00. The fourth-order valence-electron chi connectivity index (χ4n) is 1.45. The summed E-state index contributed by atoms with van der Waals surface area (Å²) >= 11 is 0. The van der Waals surface area contributed by atoms with Crippen molar-refractivity contribution in [2.75, 3.05) is 13.2 Å². The lowest BCUT2D eigenvalue weighted by Gasteiger charge is -2.16. The summed E-state index contributed by atoms with van der Waals surface area (Å²) < 4.78 is 48.1. The second kappa shape index (κ2) is 6.24. The Morgan fingerprint density at radius 3 is 1.94 bits per heavy atom. The van der Waals surface area contributed by atoms with Gasteiger partial charge in [-0.2, -0.15) is 0 Å². The lowest BCUT2D eigenvalue weighted by molar-refractivity contribution is 0.219. The van der Waals surface area contributed by atoms with Crippen molar-refractivity contribution in [3.05, 3.63) is 35.4 Å². The van der Waals surface area contributed by atoms with Crippen LogP contribution in [0.15, 0.2) is 18.2 Å². The minimum absolute atomic E-state index is 0.136. The van der Waals surface area contributed by atoms with Crippen LogP contribution in [0, 0.1) is 11.6 Å². The van der Waals surface area contributed by atoms with E-state index < -0.39 is 19.2 Å². The molecule has 0 N–H and O–H groups in total. The second-order valence-electron chi connectivity index (χ2n) is 3.38. The van der Waals surface area contributed by atoms with E-state index in [-0.39, 0.29) is 24.9 Å². The summed E-state index contributed by atoms with van der Waals surface area (Å²) in [7, 11) is -3.31. The molecule has 0 aliphatic heterocycles. The van der Waals surface area contributed by atoms with Crippen molar-refractivity contribution < 1.29 is 22.4 Å². The van der Waals surface area contributed by atoms with E-state index in [4.69, 9.17) is 9.05 Å². The Kier molecular flexibility index (Phi) is 5.25. The van der Waals surface area contributed by atoms with Gasteiger partial charge in [-0.3, -0.25) is 4.57 Å². The topological polar surface area (TPSA) is 35.5 Å². The van der Waals surface area contributed by atoms with Crippen LogP contribution in [0.5, 0.6) is 0 Å². The second-order valence-corrected chi connectivity index (χ2v) is 5.44. The summed E-state index contributed by atoms with van der Waals surface area (Å²) in [5.74, 6) is -1.42. The van der Waals surface area contributed by atoms with Crippen LogP contribution in [0.3, 0.4) is 0 Å². The third kappa shape index (κ3) is 4.54. The fourth-order valence-corrected chi connectivity index (χ4v) is 3.12. The molecule has 0 amide bonds. The maximum atomic E-state index is 13.0. The summed E-state index contributed by atoms with van der Waals surface area (Å²) in [5.41, 5.74) is 0.257. The molecule has 0 fully saturated rings.